The molecule has 0 saturated heterocycles. The van der Waals surface area contributed by atoms with Crippen molar-refractivity contribution in [2.75, 3.05) is 11.5 Å². The molecule has 4 N–H and O–H groups in total. The summed E-state index contributed by atoms with van der Waals surface area (Å²) in [5.74, 6) is 0.494. The van der Waals surface area contributed by atoms with Crippen molar-refractivity contribution in [3.63, 3.8) is 0 Å². The van der Waals surface area contributed by atoms with Crippen molar-refractivity contribution >= 4 is 51.2 Å². The third-order valence-corrected chi connectivity index (χ3v) is 4.80. The van der Waals surface area contributed by atoms with E-state index in [1.54, 1.807) is 0 Å². The first-order valence-electron chi connectivity index (χ1n) is 6.94. The number of aromatic nitrogens is 3. The molecule has 0 bridgehead atoms. The van der Waals surface area contributed by atoms with Crippen LogP contribution < -0.4 is 11.5 Å². The van der Waals surface area contributed by atoms with Gasteiger partial charge in [0.1, 0.15) is 5.82 Å². The van der Waals surface area contributed by atoms with Gasteiger partial charge in [-0.25, -0.2) is 4.98 Å². The normalized spacial score (nSPS) is 11.3. The Morgan fingerprint density at radius 3 is 2.83 bits per heavy atom. The fourth-order valence-electron chi connectivity index (χ4n) is 3.01. The Morgan fingerprint density at radius 1 is 1.22 bits per heavy atom. The van der Waals surface area contributed by atoms with Crippen LogP contribution in [0, 0.1) is 0 Å². The first-order chi connectivity index (χ1) is 11.1. The van der Waals surface area contributed by atoms with E-state index in [9.17, 15) is 4.79 Å². The van der Waals surface area contributed by atoms with E-state index in [1.807, 2.05) is 41.4 Å². The van der Waals surface area contributed by atoms with Gasteiger partial charge in [0.05, 0.1) is 21.3 Å². The van der Waals surface area contributed by atoms with Gasteiger partial charge in [0.15, 0.2) is 6.29 Å². The number of hydrogen-bond donors (Lipinski definition) is 2. The van der Waals surface area contributed by atoms with Crippen LogP contribution in [0.3, 0.4) is 0 Å². The maximum Gasteiger partial charge on any atom is 0.222 e. The van der Waals surface area contributed by atoms with Gasteiger partial charge in [0, 0.05) is 29.8 Å². The molecule has 7 heteroatoms. The quantitative estimate of drug-likeness (QED) is 0.553. The van der Waals surface area contributed by atoms with Crippen molar-refractivity contribution in [2.24, 2.45) is 7.05 Å². The first kappa shape index (κ1) is 13.7. The second-order valence-electron chi connectivity index (χ2n) is 5.29. The van der Waals surface area contributed by atoms with Gasteiger partial charge in [-0.2, -0.15) is 4.98 Å². The molecule has 0 fully saturated rings. The summed E-state index contributed by atoms with van der Waals surface area (Å²) in [6.45, 7) is 0. The van der Waals surface area contributed by atoms with Gasteiger partial charge >= 0.3 is 0 Å². The number of thiophene rings is 1. The lowest BCUT2D eigenvalue weighted by molar-refractivity contribution is 0.112. The highest BCUT2D eigenvalue weighted by molar-refractivity contribution is 7.12. The topological polar surface area (TPSA) is 99.8 Å². The molecule has 3 heterocycles. The molecule has 0 unspecified atom stereocenters. The van der Waals surface area contributed by atoms with Gasteiger partial charge in [-0.3, -0.25) is 4.79 Å². The van der Waals surface area contributed by atoms with E-state index >= 15 is 0 Å². The zero-order chi connectivity index (χ0) is 16.1. The number of benzene rings is 1. The Bertz CT molecular complexity index is 1080. The molecule has 0 atom stereocenters. The predicted octanol–water partition coefficient (Wildman–Crippen LogP) is 2.83. The predicted molar refractivity (Wildman–Crippen MR) is 93.5 cm³/mol. The summed E-state index contributed by atoms with van der Waals surface area (Å²) >= 11 is 1.41. The number of hydrogen-bond acceptors (Lipinski definition) is 6. The molecule has 4 rings (SSSR count). The number of fused-ring (bicyclic) bond motifs is 3. The van der Waals surface area contributed by atoms with Gasteiger partial charge in [-0.05, 0) is 23.6 Å². The highest BCUT2D eigenvalue weighted by atomic mass is 32.1. The van der Waals surface area contributed by atoms with Gasteiger partial charge in [0.25, 0.3) is 0 Å². The summed E-state index contributed by atoms with van der Waals surface area (Å²) in [5, 5.41) is 3.63. The average Bonchev–Trinajstić information content (AvgIpc) is 3.12. The van der Waals surface area contributed by atoms with Crippen LogP contribution in [0.4, 0.5) is 11.8 Å². The number of anilines is 2. The number of aldehydes is 1. The molecule has 0 aliphatic heterocycles. The Hall–Kier alpha value is -2.93. The van der Waals surface area contributed by atoms with Crippen LogP contribution in [-0.4, -0.2) is 20.8 Å². The second kappa shape index (κ2) is 4.79. The molecule has 4 aromatic rings. The fourth-order valence-corrected chi connectivity index (χ4v) is 3.72. The first-order valence-corrected chi connectivity index (χ1v) is 7.82. The van der Waals surface area contributed by atoms with Crippen molar-refractivity contribution in [1.29, 1.82) is 0 Å². The SMILES string of the molecule is Cn1ccc2c3c(N)nc(N)nc3cc(-c3ccsc3C=O)c21. The standard InChI is InChI=1S/C16H13N5OS/c1-21-4-2-9-13-11(19-16(18)20-15(13)17)6-10(14(9)21)8-3-5-23-12(8)7-22/h2-7H,1H3,(H4,17,18,19,20). The third-order valence-electron chi connectivity index (χ3n) is 3.95. The second-order valence-corrected chi connectivity index (χ2v) is 6.24. The van der Waals surface area contributed by atoms with E-state index in [4.69, 9.17) is 11.5 Å². The Balaban J connectivity index is 2.23. The third kappa shape index (κ3) is 1.90. The summed E-state index contributed by atoms with van der Waals surface area (Å²) in [4.78, 5) is 20.4. The Labute approximate surface area is 135 Å². The highest BCUT2D eigenvalue weighted by Crippen LogP contribution is 2.38. The van der Waals surface area contributed by atoms with E-state index in [-0.39, 0.29) is 5.95 Å². The minimum Gasteiger partial charge on any atom is -0.383 e. The lowest BCUT2D eigenvalue weighted by Crippen LogP contribution is -2.01. The van der Waals surface area contributed by atoms with E-state index < -0.39 is 0 Å². The molecule has 0 aliphatic carbocycles. The van der Waals surface area contributed by atoms with Gasteiger partial charge < -0.3 is 16.0 Å². The van der Waals surface area contributed by atoms with Crippen LogP contribution >= 0.6 is 11.3 Å². The molecular weight excluding hydrogens is 310 g/mol. The highest BCUT2D eigenvalue weighted by Gasteiger charge is 2.17. The monoisotopic (exact) mass is 323 g/mol. The summed E-state index contributed by atoms with van der Waals surface area (Å²) in [6, 6.07) is 5.83. The molecule has 0 amide bonds. The number of rotatable bonds is 2. The van der Waals surface area contributed by atoms with Crippen molar-refractivity contribution in [3.05, 3.63) is 34.7 Å². The van der Waals surface area contributed by atoms with Crippen molar-refractivity contribution in [1.82, 2.24) is 14.5 Å². The van der Waals surface area contributed by atoms with Crippen LogP contribution in [0.1, 0.15) is 9.67 Å². The van der Waals surface area contributed by atoms with Crippen LogP contribution in [0.5, 0.6) is 0 Å². The van der Waals surface area contributed by atoms with Crippen LogP contribution in [0.25, 0.3) is 32.9 Å². The summed E-state index contributed by atoms with van der Waals surface area (Å²) in [6.07, 6.45) is 2.83. The molecular formula is C16H13N5OS. The molecule has 0 radical (unpaired) electrons. The largest absolute Gasteiger partial charge is 0.383 e. The smallest absolute Gasteiger partial charge is 0.222 e. The number of nitrogens with two attached hydrogens (primary N) is 2. The molecule has 114 valence electrons. The maximum atomic E-state index is 11.3. The van der Waals surface area contributed by atoms with E-state index in [0.29, 0.717) is 16.2 Å². The molecule has 1 aromatic carbocycles. The number of carbonyl (C=O) groups is 1. The van der Waals surface area contributed by atoms with Crippen LogP contribution in [0.15, 0.2) is 29.8 Å². The molecule has 0 aliphatic rings. The fraction of sp³-hybridized carbons (Fsp3) is 0.0625. The molecule has 23 heavy (non-hydrogen) atoms. The molecule has 3 aromatic heterocycles. The molecule has 0 saturated carbocycles. The van der Waals surface area contributed by atoms with E-state index in [2.05, 4.69) is 9.97 Å². The van der Waals surface area contributed by atoms with Crippen molar-refractivity contribution < 1.29 is 4.79 Å². The Kier molecular flexibility index (Phi) is 2.85. The van der Waals surface area contributed by atoms with Gasteiger partial charge in [0.2, 0.25) is 5.95 Å². The summed E-state index contributed by atoms with van der Waals surface area (Å²) < 4.78 is 2.01. The van der Waals surface area contributed by atoms with Gasteiger partial charge in [-0.1, -0.05) is 0 Å². The van der Waals surface area contributed by atoms with Crippen molar-refractivity contribution in [3.8, 4) is 11.1 Å². The minimum absolute atomic E-state index is 0.136. The van der Waals surface area contributed by atoms with Gasteiger partial charge in [-0.15, -0.1) is 11.3 Å². The molecule has 0 spiro atoms. The average molecular weight is 323 g/mol. The summed E-state index contributed by atoms with van der Waals surface area (Å²) in [5.41, 5.74) is 15.3. The lowest BCUT2D eigenvalue weighted by Gasteiger charge is -2.10. The maximum absolute atomic E-state index is 11.3. The van der Waals surface area contributed by atoms with E-state index in [0.717, 1.165) is 33.7 Å². The summed E-state index contributed by atoms with van der Waals surface area (Å²) in [7, 11) is 1.96. The zero-order valence-electron chi connectivity index (χ0n) is 12.3. The number of nitrogen functional groups attached to an aromatic ring is 2. The number of nitrogens with zero attached hydrogens (tertiary/aromatic N) is 3. The number of aryl methyl sites for hydroxylation is 1. The Morgan fingerprint density at radius 2 is 2.04 bits per heavy atom. The van der Waals surface area contributed by atoms with E-state index in [1.165, 1.54) is 11.3 Å². The lowest BCUT2D eigenvalue weighted by atomic mass is 10.0. The van der Waals surface area contributed by atoms with Crippen molar-refractivity contribution in [2.45, 2.75) is 0 Å². The molecule has 6 nitrogen and oxygen atoms in total. The zero-order valence-corrected chi connectivity index (χ0v) is 13.1. The minimum atomic E-state index is 0.136. The number of carbonyl (C=O) groups excluding carboxylic acids is 1. The van der Waals surface area contributed by atoms with Crippen LogP contribution in [-0.2, 0) is 7.05 Å². The van der Waals surface area contributed by atoms with Crippen LogP contribution in [0.2, 0.25) is 0 Å².